The standard InChI is InChI=1S/C26H27N3O3/c1-17-27-15-22(18-8-10-26(11-9-18)31-12-13-32-26)25(28-17)30-16-20-14-21(20)24-7-6-19-4-2-3-5-23(19)29-24/h2-8,15,20-21H,9-14,16H2,1H3. The fraction of sp³-hybridized carbons (Fsp3) is 0.423. The van der Waals surface area contributed by atoms with Crippen molar-refractivity contribution >= 4 is 16.5 Å². The lowest BCUT2D eigenvalue weighted by molar-refractivity contribution is -0.159. The van der Waals surface area contributed by atoms with E-state index in [2.05, 4.69) is 40.3 Å². The van der Waals surface area contributed by atoms with Crippen molar-refractivity contribution in [3.05, 3.63) is 65.8 Å². The predicted octanol–water partition coefficient (Wildman–Crippen LogP) is 4.83. The van der Waals surface area contributed by atoms with Gasteiger partial charge in [-0.25, -0.2) is 4.98 Å². The number of benzene rings is 1. The first kappa shape index (κ1) is 19.8. The molecule has 3 aliphatic rings. The average Bonchev–Trinajstić information content (AvgIpc) is 3.48. The lowest BCUT2D eigenvalue weighted by Crippen LogP contribution is -2.31. The summed E-state index contributed by atoms with van der Waals surface area (Å²) in [5.41, 5.74) is 4.42. The molecule has 32 heavy (non-hydrogen) atoms. The van der Waals surface area contributed by atoms with Gasteiger partial charge in [0.05, 0.1) is 30.9 Å². The fourth-order valence-corrected chi connectivity index (χ4v) is 4.86. The van der Waals surface area contributed by atoms with Crippen LogP contribution in [0.1, 0.15) is 48.7 Å². The second-order valence-electron chi connectivity index (χ2n) is 9.02. The van der Waals surface area contributed by atoms with E-state index >= 15 is 0 Å². The van der Waals surface area contributed by atoms with Crippen molar-refractivity contribution in [2.24, 2.45) is 5.92 Å². The van der Waals surface area contributed by atoms with Gasteiger partial charge in [-0.05, 0) is 37.5 Å². The van der Waals surface area contributed by atoms with Crippen molar-refractivity contribution in [1.82, 2.24) is 15.0 Å². The topological polar surface area (TPSA) is 66.4 Å². The van der Waals surface area contributed by atoms with E-state index in [-0.39, 0.29) is 0 Å². The number of pyridine rings is 1. The summed E-state index contributed by atoms with van der Waals surface area (Å²) in [7, 11) is 0. The van der Waals surface area contributed by atoms with E-state index in [0.29, 0.717) is 37.5 Å². The Balaban J connectivity index is 1.15. The number of hydrogen-bond donors (Lipinski definition) is 0. The molecule has 1 aliphatic heterocycles. The quantitative estimate of drug-likeness (QED) is 0.579. The molecule has 6 heteroatoms. The molecule has 1 saturated carbocycles. The number of fused-ring (bicyclic) bond motifs is 1. The van der Waals surface area contributed by atoms with Crippen LogP contribution in [0.5, 0.6) is 5.88 Å². The molecular weight excluding hydrogens is 402 g/mol. The van der Waals surface area contributed by atoms with Gasteiger partial charge < -0.3 is 14.2 Å². The van der Waals surface area contributed by atoms with Crippen LogP contribution in [0.25, 0.3) is 16.5 Å². The van der Waals surface area contributed by atoms with Crippen molar-refractivity contribution in [2.45, 2.75) is 44.3 Å². The Morgan fingerprint density at radius 1 is 1.09 bits per heavy atom. The van der Waals surface area contributed by atoms with Crippen molar-refractivity contribution in [1.29, 1.82) is 0 Å². The van der Waals surface area contributed by atoms with Crippen LogP contribution in [0.2, 0.25) is 0 Å². The van der Waals surface area contributed by atoms with E-state index in [1.54, 1.807) is 0 Å². The smallest absolute Gasteiger partial charge is 0.224 e. The molecule has 2 aliphatic carbocycles. The third kappa shape index (κ3) is 3.78. The van der Waals surface area contributed by atoms with Gasteiger partial charge in [0.25, 0.3) is 0 Å². The van der Waals surface area contributed by atoms with Crippen LogP contribution in [0.3, 0.4) is 0 Å². The highest BCUT2D eigenvalue weighted by atomic mass is 16.7. The first-order valence-corrected chi connectivity index (χ1v) is 11.5. The summed E-state index contributed by atoms with van der Waals surface area (Å²) in [5, 5.41) is 1.18. The SMILES string of the molecule is Cc1ncc(C2=CCC3(CC2)OCCO3)c(OCC2CC2c2ccc3ccccc3n2)n1. The molecule has 0 N–H and O–H groups in total. The van der Waals surface area contributed by atoms with Gasteiger partial charge in [-0.15, -0.1) is 0 Å². The summed E-state index contributed by atoms with van der Waals surface area (Å²) < 4.78 is 18.0. The van der Waals surface area contributed by atoms with Crippen molar-refractivity contribution in [3.63, 3.8) is 0 Å². The van der Waals surface area contributed by atoms with E-state index in [4.69, 9.17) is 19.2 Å². The molecule has 164 valence electrons. The molecule has 0 radical (unpaired) electrons. The maximum atomic E-state index is 6.27. The summed E-state index contributed by atoms with van der Waals surface area (Å²) in [6.45, 7) is 3.91. The molecule has 3 aromatic rings. The van der Waals surface area contributed by atoms with Crippen LogP contribution in [-0.2, 0) is 9.47 Å². The van der Waals surface area contributed by atoms with Crippen LogP contribution in [-0.4, -0.2) is 40.6 Å². The third-order valence-electron chi connectivity index (χ3n) is 6.83. The van der Waals surface area contributed by atoms with Crippen LogP contribution in [0.4, 0.5) is 0 Å². The number of aromatic nitrogens is 3. The van der Waals surface area contributed by atoms with E-state index in [0.717, 1.165) is 48.3 Å². The maximum absolute atomic E-state index is 6.27. The number of para-hydroxylation sites is 1. The molecule has 1 aromatic carbocycles. The molecule has 1 saturated heterocycles. The highest BCUT2D eigenvalue weighted by Gasteiger charge is 2.41. The molecular formula is C26H27N3O3. The van der Waals surface area contributed by atoms with Crippen LogP contribution >= 0.6 is 0 Å². The largest absolute Gasteiger partial charge is 0.477 e. The highest BCUT2D eigenvalue weighted by Crippen LogP contribution is 2.47. The summed E-state index contributed by atoms with van der Waals surface area (Å²) in [5.74, 6) is 1.91. The zero-order chi connectivity index (χ0) is 21.5. The first-order chi connectivity index (χ1) is 15.7. The van der Waals surface area contributed by atoms with Gasteiger partial charge in [-0.1, -0.05) is 30.3 Å². The lowest BCUT2D eigenvalue weighted by Gasteiger charge is -2.30. The maximum Gasteiger partial charge on any atom is 0.224 e. The predicted molar refractivity (Wildman–Crippen MR) is 121 cm³/mol. The van der Waals surface area contributed by atoms with Gasteiger partial charge in [0, 0.05) is 42.0 Å². The number of allylic oxidation sites excluding steroid dienone is 1. The van der Waals surface area contributed by atoms with E-state index in [9.17, 15) is 0 Å². The average molecular weight is 430 g/mol. The Morgan fingerprint density at radius 3 is 2.81 bits per heavy atom. The number of hydrogen-bond acceptors (Lipinski definition) is 6. The van der Waals surface area contributed by atoms with E-state index in [1.165, 1.54) is 11.0 Å². The molecule has 3 heterocycles. The summed E-state index contributed by atoms with van der Waals surface area (Å²) in [6.07, 6.45) is 7.68. The van der Waals surface area contributed by atoms with Gasteiger partial charge in [0.1, 0.15) is 5.82 Å². The number of nitrogens with zero attached hydrogens (tertiary/aromatic N) is 3. The summed E-state index contributed by atoms with van der Waals surface area (Å²) >= 11 is 0. The molecule has 2 unspecified atom stereocenters. The van der Waals surface area contributed by atoms with Crippen molar-refractivity contribution in [2.75, 3.05) is 19.8 Å². The molecule has 2 atom stereocenters. The molecule has 2 aromatic heterocycles. The third-order valence-corrected chi connectivity index (χ3v) is 6.83. The van der Waals surface area contributed by atoms with Gasteiger partial charge in [-0.2, -0.15) is 4.98 Å². The van der Waals surface area contributed by atoms with Crippen LogP contribution in [0, 0.1) is 12.8 Å². The fourth-order valence-electron chi connectivity index (χ4n) is 4.86. The molecule has 2 fully saturated rings. The first-order valence-electron chi connectivity index (χ1n) is 11.5. The monoisotopic (exact) mass is 429 g/mol. The zero-order valence-corrected chi connectivity index (χ0v) is 18.3. The number of ether oxygens (including phenoxy) is 3. The Hall–Kier alpha value is -2.83. The second-order valence-corrected chi connectivity index (χ2v) is 9.02. The minimum atomic E-state index is -0.426. The van der Waals surface area contributed by atoms with Crippen LogP contribution in [0.15, 0.2) is 48.7 Å². The summed E-state index contributed by atoms with van der Waals surface area (Å²) in [4.78, 5) is 13.9. The highest BCUT2D eigenvalue weighted by molar-refractivity contribution is 5.78. The van der Waals surface area contributed by atoms with E-state index < -0.39 is 5.79 Å². The van der Waals surface area contributed by atoms with Crippen molar-refractivity contribution in [3.8, 4) is 5.88 Å². The number of rotatable bonds is 5. The normalized spacial score (nSPS) is 24.0. The Kier molecular flexibility index (Phi) is 4.92. The van der Waals surface area contributed by atoms with Gasteiger partial charge in [0.2, 0.25) is 5.88 Å². The van der Waals surface area contributed by atoms with E-state index in [1.807, 2.05) is 25.3 Å². The molecule has 6 nitrogen and oxygen atoms in total. The van der Waals surface area contributed by atoms with Gasteiger partial charge in [-0.3, -0.25) is 4.98 Å². The second kappa shape index (κ2) is 7.94. The molecule has 0 bridgehead atoms. The Bertz CT molecular complexity index is 1190. The minimum Gasteiger partial charge on any atom is -0.477 e. The van der Waals surface area contributed by atoms with Crippen LogP contribution < -0.4 is 4.74 Å². The Labute approximate surface area is 187 Å². The molecule has 1 spiro atoms. The van der Waals surface area contributed by atoms with Crippen molar-refractivity contribution < 1.29 is 14.2 Å². The zero-order valence-electron chi connectivity index (χ0n) is 18.3. The molecule has 0 amide bonds. The minimum absolute atomic E-state index is 0.426. The van der Waals surface area contributed by atoms with Gasteiger partial charge in [0.15, 0.2) is 5.79 Å². The molecule has 6 rings (SSSR count). The Morgan fingerprint density at radius 2 is 1.97 bits per heavy atom. The number of aryl methyl sites for hydroxylation is 1. The van der Waals surface area contributed by atoms with Gasteiger partial charge >= 0.3 is 0 Å². The lowest BCUT2D eigenvalue weighted by atomic mass is 9.90. The summed E-state index contributed by atoms with van der Waals surface area (Å²) in [6, 6.07) is 12.6.